The summed E-state index contributed by atoms with van der Waals surface area (Å²) in [6.45, 7) is 0. The van der Waals surface area contributed by atoms with Gasteiger partial charge in [0.05, 0.1) is 11.6 Å². The van der Waals surface area contributed by atoms with E-state index in [1.807, 2.05) is 16.1 Å². The lowest BCUT2D eigenvalue weighted by atomic mass is 10.2. The Morgan fingerprint density at radius 1 is 1.39 bits per heavy atom. The minimum Gasteiger partial charge on any atom is -0.266 e. The maximum Gasteiger partial charge on any atom is 0.189 e. The number of halogens is 1. The van der Waals surface area contributed by atoms with Crippen molar-refractivity contribution >= 4 is 28.3 Å². The molecule has 0 N–H and O–H groups in total. The van der Waals surface area contributed by atoms with Crippen LogP contribution in [-0.4, -0.2) is 29.4 Å². The van der Waals surface area contributed by atoms with Gasteiger partial charge in [-0.2, -0.15) is 5.10 Å². The molecule has 0 atom stereocenters. The van der Waals surface area contributed by atoms with Crippen molar-refractivity contribution < 1.29 is 0 Å². The van der Waals surface area contributed by atoms with Gasteiger partial charge in [0.1, 0.15) is 17.4 Å². The van der Waals surface area contributed by atoms with Gasteiger partial charge in [-0.1, -0.05) is 0 Å². The average molecular weight is 263 g/mol. The van der Waals surface area contributed by atoms with E-state index in [2.05, 4.69) is 20.3 Å². The predicted molar refractivity (Wildman–Crippen MR) is 66.6 cm³/mol. The van der Waals surface area contributed by atoms with Gasteiger partial charge >= 0.3 is 0 Å². The average Bonchev–Trinajstić information content (AvgIpc) is 3.05. The summed E-state index contributed by atoms with van der Waals surface area (Å²) in [5.41, 5.74) is 3.74. The lowest BCUT2D eigenvalue weighted by Crippen LogP contribution is -1.96. The summed E-state index contributed by atoms with van der Waals surface area (Å²) in [7, 11) is 1.92. The van der Waals surface area contributed by atoms with Gasteiger partial charge in [-0.3, -0.25) is 9.08 Å². The fraction of sp³-hybridized carbons (Fsp3) is 0.455. The Labute approximate surface area is 108 Å². The van der Waals surface area contributed by atoms with Crippen LogP contribution in [0.4, 0.5) is 0 Å². The third-order valence-corrected chi connectivity index (χ3v) is 3.65. The highest BCUT2D eigenvalue weighted by Crippen LogP contribution is 2.42. The van der Waals surface area contributed by atoms with Crippen molar-refractivity contribution in [3.05, 3.63) is 17.8 Å². The third-order valence-electron chi connectivity index (χ3n) is 3.41. The number of hydrogen-bond donors (Lipinski definition) is 0. The van der Waals surface area contributed by atoms with Gasteiger partial charge in [-0.05, 0) is 12.8 Å². The topological polar surface area (TPSA) is 60.9 Å². The Morgan fingerprint density at radius 2 is 2.22 bits per heavy atom. The zero-order valence-corrected chi connectivity index (χ0v) is 10.6. The van der Waals surface area contributed by atoms with Crippen LogP contribution < -0.4 is 0 Å². The Morgan fingerprint density at radius 3 is 2.94 bits per heavy atom. The molecule has 0 aliphatic heterocycles. The van der Waals surface area contributed by atoms with Crippen LogP contribution in [0.3, 0.4) is 0 Å². The van der Waals surface area contributed by atoms with Gasteiger partial charge in [0.25, 0.3) is 0 Å². The maximum absolute atomic E-state index is 5.83. The standard InChI is InChI=1S/C11H11ClN6/c1-17-10-9(8(16-17)6-2-3-6)13-5-18-7(4-12)14-15-11(10)18/h5-6H,2-4H2,1H3. The molecule has 18 heavy (non-hydrogen) atoms. The van der Waals surface area contributed by atoms with Gasteiger partial charge in [-0.25, -0.2) is 4.98 Å². The summed E-state index contributed by atoms with van der Waals surface area (Å²) in [5.74, 6) is 1.59. The van der Waals surface area contributed by atoms with Crippen LogP contribution in [0, 0.1) is 0 Å². The molecule has 0 radical (unpaired) electrons. The Bertz CT molecular complexity index is 754. The van der Waals surface area contributed by atoms with Crippen molar-refractivity contribution in [3.8, 4) is 0 Å². The number of alkyl halides is 1. The normalized spacial score (nSPS) is 15.9. The monoisotopic (exact) mass is 262 g/mol. The molecule has 3 heterocycles. The van der Waals surface area contributed by atoms with E-state index in [9.17, 15) is 0 Å². The molecule has 6 nitrogen and oxygen atoms in total. The largest absolute Gasteiger partial charge is 0.266 e. The molecule has 1 fully saturated rings. The predicted octanol–water partition coefficient (Wildman–Crippen LogP) is 1.63. The van der Waals surface area contributed by atoms with E-state index in [0.29, 0.717) is 17.6 Å². The van der Waals surface area contributed by atoms with E-state index in [1.165, 1.54) is 12.8 Å². The van der Waals surface area contributed by atoms with Crippen LogP contribution >= 0.6 is 11.6 Å². The summed E-state index contributed by atoms with van der Waals surface area (Å²) in [6.07, 6.45) is 4.15. The summed E-state index contributed by atoms with van der Waals surface area (Å²) >= 11 is 5.83. The zero-order chi connectivity index (χ0) is 12.3. The molecular formula is C11H11ClN6. The molecule has 0 spiro atoms. The minimum atomic E-state index is 0.321. The summed E-state index contributed by atoms with van der Waals surface area (Å²) in [6, 6.07) is 0. The first kappa shape index (κ1) is 10.3. The van der Waals surface area contributed by atoms with Crippen molar-refractivity contribution in [1.82, 2.24) is 29.4 Å². The zero-order valence-electron chi connectivity index (χ0n) is 9.84. The molecular weight excluding hydrogens is 252 g/mol. The summed E-state index contributed by atoms with van der Waals surface area (Å²) < 4.78 is 3.67. The van der Waals surface area contributed by atoms with Crippen LogP contribution in [0.5, 0.6) is 0 Å². The molecule has 1 aliphatic carbocycles. The maximum atomic E-state index is 5.83. The number of aromatic nitrogens is 6. The van der Waals surface area contributed by atoms with Crippen LogP contribution in [0.15, 0.2) is 6.33 Å². The van der Waals surface area contributed by atoms with Crippen molar-refractivity contribution in [2.45, 2.75) is 24.6 Å². The molecule has 0 unspecified atom stereocenters. The highest BCUT2D eigenvalue weighted by atomic mass is 35.5. The quantitative estimate of drug-likeness (QED) is 0.659. The lowest BCUT2D eigenvalue weighted by Gasteiger charge is -1.97. The van der Waals surface area contributed by atoms with E-state index in [0.717, 1.165) is 22.4 Å². The van der Waals surface area contributed by atoms with Gasteiger partial charge in [-0.15, -0.1) is 21.8 Å². The molecule has 3 aromatic rings. The fourth-order valence-corrected chi connectivity index (χ4v) is 2.54. The molecule has 3 aromatic heterocycles. The van der Waals surface area contributed by atoms with Crippen LogP contribution in [-0.2, 0) is 12.9 Å². The minimum absolute atomic E-state index is 0.321. The number of rotatable bonds is 2. The molecule has 0 saturated heterocycles. The molecule has 1 saturated carbocycles. The van der Waals surface area contributed by atoms with Crippen LogP contribution in [0.25, 0.3) is 16.7 Å². The number of hydrogen-bond acceptors (Lipinski definition) is 4. The van der Waals surface area contributed by atoms with Crippen LogP contribution in [0.1, 0.15) is 30.3 Å². The second-order valence-electron chi connectivity index (χ2n) is 4.67. The van der Waals surface area contributed by atoms with Gasteiger partial charge < -0.3 is 0 Å². The first-order valence-electron chi connectivity index (χ1n) is 5.90. The molecule has 92 valence electrons. The van der Waals surface area contributed by atoms with E-state index >= 15 is 0 Å². The van der Waals surface area contributed by atoms with E-state index < -0.39 is 0 Å². The number of fused-ring (bicyclic) bond motifs is 3. The van der Waals surface area contributed by atoms with E-state index in [1.54, 1.807) is 6.33 Å². The van der Waals surface area contributed by atoms with Gasteiger partial charge in [0.15, 0.2) is 11.5 Å². The van der Waals surface area contributed by atoms with E-state index in [4.69, 9.17) is 11.6 Å². The highest BCUT2D eigenvalue weighted by molar-refractivity contribution is 6.16. The molecule has 0 amide bonds. The SMILES string of the molecule is Cn1nc(C2CC2)c2ncn3c(CCl)nnc3c21. The molecule has 0 aromatic carbocycles. The summed E-state index contributed by atoms with van der Waals surface area (Å²) in [5, 5.41) is 12.9. The Hall–Kier alpha value is -1.69. The Balaban J connectivity index is 2.12. The first-order chi connectivity index (χ1) is 8.79. The molecule has 7 heteroatoms. The summed E-state index contributed by atoms with van der Waals surface area (Å²) in [4.78, 5) is 4.51. The van der Waals surface area contributed by atoms with Gasteiger partial charge in [0.2, 0.25) is 0 Å². The van der Waals surface area contributed by atoms with Crippen molar-refractivity contribution in [1.29, 1.82) is 0 Å². The Kier molecular flexibility index (Phi) is 1.94. The van der Waals surface area contributed by atoms with Crippen molar-refractivity contribution in [3.63, 3.8) is 0 Å². The fourth-order valence-electron chi connectivity index (χ4n) is 2.36. The number of nitrogens with zero attached hydrogens (tertiary/aromatic N) is 6. The van der Waals surface area contributed by atoms with Crippen molar-refractivity contribution in [2.24, 2.45) is 7.05 Å². The third kappa shape index (κ3) is 1.23. The second-order valence-corrected chi connectivity index (χ2v) is 4.94. The first-order valence-corrected chi connectivity index (χ1v) is 6.44. The van der Waals surface area contributed by atoms with Crippen LogP contribution in [0.2, 0.25) is 0 Å². The van der Waals surface area contributed by atoms with E-state index in [-0.39, 0.29) is 0 Å². The molecule has 1 aliphatic rings. The smallest absolute Gasteiger partial charge is 0.189 e. The molecule has 0 bridgehead atoms. The number of aryl methyl sites for hydroxylation is 1. The lowest BCUT2D eigenvalue weighted by molar-refractivity contribution is 0.767. The highest BCUT2D eigenvalue weighted by Gasteiger charge is 2.30. The second kappa shape index (κ2) is 3.41. The molecule has 4 rings (SSSR count). The van der Waals surface area contributed by atoms with Crippen molar-refractivity contribution in [2.75, 3.05) is 0 Å². The van der Waals surface area contributed by atoms with Gasteiger partial charge in [0, 0.05) is 13.0 Å².